The average molecular weight is 542 g/mol. The van der Waals surface area contributed by atoms with Crippen molar-refractivity contribution in [3.8, 4) is 33.8 Å². The predicted octanol–water partition coefficient (Wildman–Crippen LogP) is 9.31. The third-order valence-corrected chi connectivity index (χ3v) is 8.99. The van der Waals surface area contributed by atoms with Crippen molar-refractivity contribution < 1.29 is 4.74 Å². The number of para-hydroxylation sites is 1. The van der Waals surface area contributed by atoms with Crippen LogP contribution in [-0.4, -0.2) is 14.5 Å². The van der Waals surface area contributed by atoms with Crippen LogP contribution in [0.1, 0.15) is 24.8 Å². The topological polar surface area (TPSA) is 39.9 Å². The molecule has 1 unspecified atom stereocenters. The van der Waals surface area contributed by atoms with Crippen LogP contribution in [0.25, 0.3) is 55.5 Å². The van der Waals surface area contributed by atoms with Crippen LogP contribution >= 0.6 is 0 Å². The van der Waals surface area contributed by atoms with Crippen LogP contribution in [0, 0.1) is 5.92 Å². The molecule has 42 heavy (non-hydrogen) atoms. The van der Waals surface area contributed by atoms with Crippen molar-refractivity contribution in [3.63, 3.8) is 0 Å². The van der Waals surface area contributed by atoms with Gasteiger partial charge in [0.15, 0.2) is 0 Å². The molecule has 4 heterocycles. The van der Waals surface area contributed by atoms with Gasteiger partial charge < -0.3 is 9.30 Å². The number of benzene rings is 3. The molecule has 6 aromatic rings. The average Bonchev–Trinajstić information content (AvgIpc) is 3.39. The van der Waals surface area contributed by atoms with Crippen LogP contribution < -0.4 is 4.74 Å². The lowest BCUT2D eigenvalue weighted by molar-refractivity contribution is 0.386. The maximum absolute atomic E-state index is 6.44. The molecule has 0 radical (unpaired) electrons. The fraction of sp³-hybridized carbons (Fsp3) is 0.105. The van der Waals surface area contributed by atoms with Gasteiger partial charge in [-0.25, -0.2) is 0 Å². The minimum absolute atomic E-state index is 0.567. The van der Waals surface area contributed by atoms with E-state index in [-0.39, 0.29) is 0 Å². The molecule has 0 amide bonds. The van der Waals surface area contributed by atoms with E-state index in [9.17, 15) is 0 Å². The van der Waals surface area contributed by atoms with Crippen molar-refractivity contribution in [2.75, 3.05) is 0 Å². The van der Waals surface area contributed by atoms with Gasteiger partial charge in [0, 0.05) is 39.9 Å². The third-order valence-electron chi connectivity index (χ3n) is 8.99. The first-order valence-electron chi connectivity index (χ1n) is 14.7. The summed E-state index contributed by atoms with van der Waals surface area (Å²) in [5, 5.41) is 2.46. The number of fused-ring (bicyclic) bond motifs is 5. The van der Waals surface area contributed by atoms with Crippen LogP contribution in [0.4, 0.5) is 0 Å². The number of ether oxygens (including phenoxy) is 1. The Hall–Kier alpha value is -5.22. The number of aromatic nitrogens is 3. The zero-order chi connectivity index (χ0) is 27.6. The first kappa shape index (κ1) is 23.5. The first-order valence-corrected chi connectivity index (χ1v) is 14.7. The minimum atomic E-state index is 0.567. The van der Waals surface area contributed by atoms with E-state index in [1.807, 2.05) is 18.3 Å². The third kappa shape index (κ3) is 3.55. The molecule has 1 atom stereocenters. The van der Waals surface area contributed by atoms with Gasteiger partial charge in [0.25, 0.3) is 0 Å². The number of hydrogen-bond donors (Lipinski definition) is 0. The summed E-state index contributed by atoms with van der Waals surface area (Å²) in [5.74, 6) is 2.59. The number of pyridine rings is 2. The standard InChI is InChI=1S/C38H27N3O/c1-2-9-34-29(7-1)31-21-26(11-15-35(31)41(34)28-13-14-33(40-23-28)24-17-19-39-20-18-24)27-12-16-36-32(22-27)30-8-3-5-25-6-4-10-37(42-36)38(25)30/h1-3,7-23,25H,4-6H2. The molecule has 3 aromatic heterocycles. The molecule has 4 heteroatoms. The Bertz CT molecular complexity index is 2130. The van der Waals surface area contributed by atoms with Crippen LogP contribution in [0.15, 0.2) is 133 Å². The van der Waals surface area contributed by atoms with Gasteiger partial charge in [0.1, 0.15) is 11.5 Å². The molecule has 4 nitrogen and oxygen atoms in total. The second-order valence-corrected chi connectivity index (χ2v) is 11.3. The van der Waals surface area contributed by atoms with E-state index in [0.29, 0.717) is 5.92 Å². The molecular formula is C38H27N3O. The Labute approximate surface area is 244 Å². The van der Waals surface area contributed by atoms with Gasteiger partial charge in [-0.3, -0.25) is 9.97 Å². The van der Waals surface area contributed by atoms with E-state index in [1.54, 1.807) is 12.4 Å². The second kappa shape index (κ2) is 9.15. The molecule has 0 fully saturated rings. The summed E-state index contributed by atoms with van der Waals surface area (Å²) >= 11 is 0. The van der Waals surface area contributed by atoms with Gasteiger partial charge >= 0.3 is 0 Å². The number of hydrogen-bond acceptors (Lipinski definition) is 3. The van der Waals surface area contributed by atoms with Crippen molar-refractivity contribution in [1.29, 1.82) is 0 Å². The smallest absolute Gasteiger partial charge is 0.135 e. The molecule has 0 spiro atoms. The molecule has 200 valence electrons. The van der Waals surface area contributed by atoms with Crippen molar-refractivity contribution in [2.24, 2.45) is 5.92 Å². The molecule has 0 saturated heterocycles. The Balaban J connectivity index is 1.17. The van der Waals surface area contributed by atoms with E-state index in [4.69, 9.17) is 9.72 Å². The molecule has 0 saturated carbocycles. The van der Waals surface area contributed by atoms with Crippen molar-refractivity contribution in [2.45, 2.75) is 19.3 Å². The second-order valence-electron chi connectivity index (χ2n) is 11.3. The molecule has 2 aliphatic carbocycles. The summed E-state index contributed by atoms with van der Waals surface area (Å²) in [7, 11) is 0. The summed E-state index contributed by atoms with van der Waals surface area (Å²) in [5.41, 5.74) is 11.7. The molecule has 3 aliphatic rings. The number of nitrogens with zero attached hydrogens (tertiary/aromatic N) is 3. The maximum atomic E-state index is 6.44. The zero-order valence-electron chi connectivity index (χ0n) is 23.0. The van der Waals surface area contributed by atoms with E-state index < -0.39 is 0 Å². The lowest BCUT2D eigenvalue weighted by Crippen LogP contribution is -2.21. The van der Waals surface area contributed by atoms with Gasteiger partial charge in [-0.2, -0.15) is 0 Å². The summed E-state index contributed by atoms with van der Waals surface area (Å²) in [6, 6.07) is 30.3. The van der Waals surface area contributed by atoms with E-state index in [1.165, 1.54) is 56.1 Å². The van der Waals surface area contributed by atoms with E-state index >= 15 is 0 Å². The van der Waals surface area contributed by atoms with E-state index in [2.05, 4.69) is 101 Å². The highest BCUT2D eigenvalue weighted by molar-refractivity contribution is 6.10. The summed E-state index contributed by atoms with van der Waals surface area (Å²) in [6.45, 7) is 0. The first-order chi connectivity index (χ1) is 20.8. The molecule has 1 aliphatic heterocycles. The molecule has 0 N–H and O–H groups in total. The highest BCUT2D eigenvalue weighted by Gasteiger charge is 2.32. The van der Waals surface area contributed by atoms with Gasteiger partial charge in [-0.15, -0.1) is 0 Å². The molecule has 0 bridgehead atoms. The fourth-order valence-electron chi connectivity index (χ4n) is 7.00. The lowest BCUT2D eigenvalue weighted by Gasteiger charge is -2.34. The van der Waals surface area contributed by atoms with Crippen molar-refractivity contribution in [3.05, 3.63) is 139 Å². The fourth-order valence-corrected chi connectivity index (χ4v) is 7.00. The monoisotopic (exact) mass is 541 g/mol. The molecule has 9 rings (SSSR count). The van der Waals surface area contributed by atoms with E-state index in [0.717, 1.165) is 41.3 Å². The zero-order valence-corrected chi connectivity index (χ0v) is 23.0. The minimum Gasteiger partial charge on any atom is -0.457 e. The Kier molecular flexibility index (Phi) is 5.12. The summed E-state index contributed by atoms with van der Waals surface area (Å²) < 4.78 is 8.75. The van der Waals surface area contributed by atoms with Crippen LogP contribution in [0.3, 0.4) is 0 Å². The predicted molar refractivity (Wildman–Crippen MR) is 169 cm³/mol. The van der Waals surface area contributed by atoms with Gasteiger partial charge in [-0.1, -0.05) is 42.5 Å². The highest BCUT2D eigenvalue weighted by atomic mass is 16.5. The quantitative estimate of drug-likeness (QED) is 0.224. The Morgan fingerprint density at radius 1 is 0.786 bits per heavy atom. The SMILES string of the molecule is C1=CC2=C3C(=CCCC3C1)Oc1ccc(-c3ccc4c(c3)c3ccccc3n4-c3ccc(-c4ccncc4)nc3)cc12. The highest BCUT2D eigenvalue weighted by Crippen LogP contribution is 2.48. The normalized spacial score (nSPS) is 17.1. The summed E-state index contributed by atoms with van der Waals surface area (Å²) in [4.78, 5) is 8.94. The van der Waals surface area contributed by atoms with Crippen LogP contribution in [-0.2, 0) is 0 Å². The van der Waals surface area contributed by atoms with Gasteiger partial charge in [0.05, 0.1) is 28.6 Å². The van der Waals surface area contributed by atoms with Gasteiger partial charge in [0.2, 0.25) is 0 Å². The summed E-state index contributed by atoms with van der Waals surface area (Å²) in [6.07, 6.45) is 15.9. The van der Waals surface area contributed by atoms with Crippen LogP contribution in [0.5, 0.6) is 5.75 Å². The van der Waals surface area contributed by atoms with Crippen molar-refractivity contribution in [1.82, 2.24) is 14.5 Å². The largest absolute Gasteiger partial charge is 0.457 e. The number of rotatable bonds is 3. The van der Waals surface area contributed by atoms with Crippen molar-refractivity contribution >= 4 is 27.4 Å². The number of allylic oxidation sites excluding steroid dienone is 5. The molecule has 3 aromatic carbocycles. The van der Waals surface area contributed by atoms with Crippen LogP contribution in [0.2, 0.25) is 0 Å². The molecular weight excluding hydrogens is 514 g/mol. The maximum Gasteiger partial charge on any atom is 0.135 e. The lowest BCUT2D eigenvalue weighted by atomic mass is 9.76. The Morgan fingerprint density at radius 2 is 1.64 bits per heavy atom. The Morgan fingerprint density at radius 3 is 2.55 bits per heavy atom. The van der Waals surface area contributed by atoms with Gasteiger partial charge in [-0.05, 0) is 103 Å².